The largest absolute Gasteiger partial charge is 0.494 e. The molecule has 0 fully saturated rings. The van der Waals surface area contributed by atoms with Crippen LogP contribution in [0.25, 0.3) is 5.57 Å². The lowest BCUT2D eigenvalue weighted by molar-refractivity contribution is -0.139. The Morgan fingerprint density at radius 3 is 2.29 bits per heavy atom. The molecule has 31 heavy (non-hydrogen) atoms. The van der Waals surface area contributed by atoms with Gasteiger partial charge >= 0.3 is 6.18 Å². The number of ether oxygens (including phenoxy) is 1. The van der Waals surface area contributed by atoms with Gasteiger partial charge in [0.25, 0.3) is 11.8 Å². The molecular formula is C23H23F3N2O3. The van der Waals surface area contributed by atoms with Crippen LogP contribution in [0.4, 0.5) is 18.9 Å². The van der Waals surface area contributed by atoms with Gasteiger partial charge in [-0.2, -0.15) is 13.2 Å². The molecule has 1 heterocycles. The standard InChI is InChI=1S/C23H23F3N2O3/c1-4-12-31-18-10-8-15(9-11-18)19-20(22(30)28(14(2)3)21(19)29)27-17-7-5-6-16(13-17)23(24,25)26/h5-11,13-14,27H,4,12H2,1-3H3. The summed E-state index contributed by atoms with van der Waals surface area (Å²) in [5, 5.41) is 2.75. The van der Waals surface area contributed by atoms with Crippen LogP contribution < -0.4 is 10.1 Å². The molecule has 0 atom stereocenters. The van der Waals surface area contributed by atoms with E-state index in [2.05, 4.69) is 5.32 Å². The maximum atomic E-state index is 13.1. The van der Waals surface area contributed by atoms with Crippen molar-refractivity contribution in [3.8, 4) is 5.75 Å². The van der Waals surface area contributed by atoms with Crippen LogP contribution in [0.1, 0.15) is 38.3 Å². The van der Waals surface area contributed by atoms with Crippen LogP contribution in [0, 0.1) is 0 Å². The Labute approximate surface area is 178 Å². The van der Waals surface area contributed by atoms with Gasteiger partial charge in [-0.3, -0.25) is 14.5 Å². The summed E-state index contributed by atoms with van der Waals surface area (Å²) < 4.78 is 44.8. The van der Waals surface area contributed by atoms with Gasteiger partial charge in [0.1, 0.15) is 11.4 Å². The van der Waals surface area contributed by atoms with E-state index in [1.54, 1.807) is 38.1 Å². The normalized spacial score (nSPS) is 14.6. The second-order valence-electron chi connectivity index (χ2n) is 7.40. The molecule has 0 unspecified atom stereocenters. The van der Waals surface area contributed by atoms with E-state index < -0.39 is 29.6 Å². The Bertz CT molecular complexity index is 1010. The zero-order valence-electron chi connectivity index (χ0n) is 17.4. The smallest absolute Gasteiger partial charge is 0.416 e. The van der Waals surface area contributed by atoms with Gasteiger partial charge < -0.3 is 10.1 Å². The van der Waals surface area contributed by atoms with Crippen LogP contribution in [-0.2, 0) is 15.8 Å². The van der Waals surface area contributed by atoms with Crippen molar-refractivity contribution >= 4 is 23.1 Å². The van der Waals surface area contributed by atoms with Crippen molar-refractivity contribution in [2.24, 2.45) is 0 Å². The molecule has 5 nitrogen and oxygen atoms in total. The SMILES string of the molecule is CCCOc1ccc(C2=C(Nc3cccc(C(F)(F)F)c3)C(=O)N(C(C)C)C2=O)cc1. The average Bonchev–Trinajstić information content (AvgIpc) is 2.96. The minimum Gasteiger partial charge on any atom is -0.494 e. The number of halogens is 3. The van der Waals surface area contributed by atoms with E-state index in [0.29, 0.717) is 17.9 Å². The summed E-state index contributed by atoms with van der Waals surface area (Å²) in [4.78, 5) is 27.1. The number of alkyl halides is 3. The number of hydrogen-bond donors (Lipinski definition) is 1. The highest BCUT2D eigenvalue weighted by Gasteiger charge is 2.40. The topological polar surface area (TPSA) is 58.6 Å². The van der Waals surface area contributed by atoms with Crippen molar-refractivity contribution in [1.82, 2.24) is 4.90 Å². The molecule has 2 aromatic carbocycles. The van der Waals surface area contributed by atoms with Gasteiger partial charge in [-0.15, -0.1) is 0 Å². The molecule has 164 valence electrons. The lowest BCUT2D eigenvalue weighted by Gasteiger charge is -2.19. The molecule has 1 aliphatic rings. The first-order valence-corrected chi connectivity index (χ1v) is 9.93. The molecule has 0 bridgehead atoms. The fraction of sp³-hybridized carbons (Fsp3) is 0.304. The number of carbonyl (C=O) groups is 2. The quantitative estimate of drug-likeness (QED) is 0.619. The molecule has 0 saturated heterocycles. The van der Waals surface area contributed by atoms with Crippen LogP contribution in [-0.4, -0.2) is 29.4 Å². The van der Waals surface area contributed by atoms with Gasteiger partial charge in [0.2, 0.25) is 0 Å². The predicted molar refractivity (Wildman–Crippen MR) is 111 cm³/mol. The van der Waals surface area contributed by atoms with Crippen LogP contribution in [0.3, 0.4) is 0 Å². The van der Waals surface area contributed by atoms with E-state index in [1.165, 1.54) is 12.1 Å². The maximum absolute atomic E-state index is 13.1. The molecule has 8 heteroatoms. The third-order valence-corrected chi connectivity index (χ3v) is 4.71. The average molecular weight is 432 g/mol. The summed E-state index contributed by atoms with van der Waals surface area (Å²) in [6.07, 6.45) is -3.68. The van der Waals surface area contributed by atoms with Crippen LogP contribution in [0.5, 0.6) is 5.75 Å². The van der Waals surface area contributed by atoms with Crippen LogP contribution in [0.2, 0.25) is 0 Å². The number of hydrogen-bond acceptors (Lipinski definition) is 4. The number of benzene rings is 2. The maximum Gasteiger partial charge on any atom is 0.416 e. The Kier molecular flexibility index (Phi) is 6.38. The molecule has 2 aromatic rings. The molecule has 2 amide bonds. The Hall–Kier alpha value is -3.29. The number of imide groups is 1. The Balaban J connectivity index is 2.02. The summed E-state index contributed by atoms with van der Waals surface area (Å²) in [5.41, 5.74) is -0.259. The van der Waals surface area contributed by atoms with Gasteiger partial charge in [0.15, 0.2) is 0 Å². The monoisotopic (exact) mass is 432 g/mol. The minimum atomic E-state index is -4.53. The summed E-state index contributed by atoms with van der Waals surface area (Å²) in [6.45, 7) is 5.92. The molecule has 0 aliphatic carbocycles. The molecule has 0 saturated carbocycles. The van der Waals surface area contributed by atoms with Crippen molar-refractivity contribution in [2.75, 3.05) is 11.9 Å². The minimum absolute atomic E-state index is 0.0553. The third-order valence-electron chi connectivity index (χ3n) is 4.71. The molecule has 3 rings (SSSR count). The number of amides is 2. The first-order valence-electron chi connectivity index (χ1n) is 9.93. The highest BCUT2D eigenvalue weighted by Crippen LogP contribution is 2.34. The van der Waals surface area contributed by atoms with E-state index >= 15 is 0 Å². The second-order valence-corrected chi connectivity index (χ2v) is 7.40. The van der Waals surface area contributed by atoms with Gasteiger partial charge in [-0.25, -0.2) is 0 Å². The number of anilines is 1. The fourth-order valence-corrected chi connectivity index (χ4v) is 3.26. The molecule has 0 spiro atoms. The second kappa shape index (κ2) is 8.83. The number of carbonyl (C=O) groups excluding carboxylic acids is 2. The predicted octanol–water partition coefficient (Wildman–Crippen LogP) is 5.09. The molecule has 1 aliphatic heterocycles. The Morgan fingerprint density at radius 2 is 1.71 bits per heavy atom. The molecule has 0 aromatic heterocycles. The zero-order valence-corrected chi connectivity index (χ0v) is 17.4. The summed E-state index contributed by atoms with van der Waals surface area (Å²) in [6, 6.07) is 10.8. The van der Waals surface area contributed by atoms with Crippen LogP contribution >= 0.6 is 0 Å². The van der Waals surface area contributed by atoms with E-state index in [1.807, 2.05) is 6.92 Å². The van der Waals surface area contributed by atoms with Crippen molar-refractivity contribution in [3.05, 3.63) is 65.4 Å². The summed E-state index contributed by atoms with van der Waals surface area (Å²) in [7, 11) is 0. The lowest BCUT2D eigenvalue weighted by atomic mass is 10.0. The highest BCUT2D eigenvalue weighted by molar-refractivity contribution is 6.36. The van der Waals surface area contributed by atoms with Gasteiger partial charge in [0, 0.05) is 11.7 Å². The van der Waals surface area contributed by atoms with Crippen molar-refractivity contribution < 1.29 is 27.5 Å². The Morgan fingerprint density at radius 1 is 1.03 bits per heavy atom. The highest BCUT2D eigenvalue weighted by atomic mass is 19.4. The first kappa shape index (κ1) is 22.4. The van der Waals surface area contributed by atoms with Gasteiger partial charge in [0.05, 0.1) is 17.7 Å². The molecular weight excluding hydrogens is 409 g/mol. The van der Waals surface area contributed by atoms with Crippen molar-refractivity contribution in [3.63, 3.8) is 0 Å². The number of nitrogens with zero attached hydrogens (tertiary/aromatic N) is 1. The third kappa shape index (κ3) is 4.73. The van der Waals surface area contributed by atoms with Gasteiger partial charge in [-0.1, -0.05) is 25.1 Å². The zero-order chi connectivity index (χ0) is 22.8. The van der Waals surface area contributed by atoms with E-state index in [-0.39, 0.29) is 17.0 Å². The van der Waals surface area contributed by atoms with E-state index in [4.69, 9.17) is 4.74 Å². The van der Waals surface area contributed by atoms with E-state index in [9.17, 15) is 22.8 Å². The molecule has 1 N–H and O–H groups in total. The van der Waals surface area contributed by atoms with Crippen molar-refractivity contribution in [1.29, 1.82) is 0 Å². The number of nitrogens with one attached hydrogen (secondary N) is 1. The van der Waals surface area contributed by atoms with Crippen LogP contribution in [0.15, 0.2) is 54.2 Å². The van der Waals surface area contributed by atoms with Gasteiger partial charge in [-0.05, 0) is 56.2 Å². The first-order chi connectivity index (χ1) is 14.6. The number of rotatable bonds is 7. The molecule has 0 radical (unpaired) electrons. The lowest BCUT2D eigenvalue weighted by Crippen LogP contribution is -2.38. The summed E-state index contributed by atoms with van der Waals surface area (Å²) in [5.74, 6) is -0.466. The fourth-order valence-electron chi connectivity index (χ4n) is 3.26. The van der Waals surface area contributed by atoms with Crippen molar-refractivity contribution in [2.45, 2.75) is 39.4 Å². The summed E-state index contributed by atoms with van der Waals surface area (Å²) >= 11 is 0. The van der Waals surface area contributed by atoms with E-state index in [0.717, 1.165) is 23.5 Å².